The Morgan fingerprint density at radius 2 is 1.81 bits per heavy atom. The van der Waals surface area contributed by atoms with Crippen molar-refractivity contribution in [3.63, 3.8) is 0 Å². The maximum Gasteiger partial charge on any atom is 0.159 e. The first-order chi connectivity index (χ1) is 20.5. The van der Waals surface area contributed by atoms with Gasteiger partial charge in [0.1, 0.15) is 11.4 Å². The van der Waals surface area contributed by atoms with Gasteiger partial charge in [0, 0.05) is 54.7 Å². The second-order valence-corrected chi connectivity index (χ2v) is 11.1. The predicted molar refractivity (Wildman–Crippen MR) is 175 cm³/mol. The zero-order chi connectivity index (χ0) is 29.6. The molecule has 0 radical (unpaired) electrons. The van der Waals surface area contributed by atoms with Crippen LogP contribution in [0.4, 0.5) is 5.69 Å². The summed E-state index contributed by atoms with van der Waals surface area (Å²) in [4.78, 5) is 17.8. The Morgan fingerprint density at radius 1 is 1.05 bits per heavy atom. The van der Waals surface area contributed by atoms with Crippen molar-refractivity contribution in [3.8, 4) is 22.6 Å². The third kappa shape index (κ3) is 6.19. The van der Waals surface area contributed by atoms with Gasteiger partial charge in [-0.1, -0.05) is 52.0 Å². The van der Waals surface area contributed by atoms with Gasteiger partial charge in [0.05, 0.1) is 23.1 Å². The van der Waals surface area contributed by atoms with Crippen molar-refractivity contribution in [2.24, 2.45) is 5.92 Å². The first-order valence-electron chi connectivity index (χ1n) is 15.2. The summed E-state index contributed by atoms with van der Waals surface area (Å²) in [5, 5.41) is 12.4. The molecule has 3 aromatic heterocycles. The highest BCUT2D eigenvalue weighted by atomic mass is 15.3. The summed E-state index contributed by atoms with van der Waals surface area (Å²) >= 11 is 0. The number of aromatic nitrogens is 5. The van der Waals surface area contributed by atoms with Gasteiger partial charge in [-0.15, -0.1) is 0 Å². The zero-order valence-electron chi connectivity index (χ0n) is 25.5. The van der Waals surface area contributed by atoms with Gasteiger partial charge in [-0.2, -0.15) is 5.10 Å². The summed E-state index contributed by atoms with van der Waals surface area (Å²) in [7, 11) is 2.17. The van der Waals surface area contributed by atoms with Crippen LogP contribution in [0.5, 0.6) is 0 Å². The summed E-state index contributed by atoms with van der Waals surface area (Å²) in [6.45, 7) is 18.3. The molecule has 2 aliphatic rings. The molecule has 0 atom stereocenters. The van der Waals surface area contributed by atoms with Gasteiger partial charge < -0.3 is 20.1 Å². The van der Waals surface area contributed by atoms with E-state index in [9.17, 15) is 0 Å². The number of allylic oxidation sites excluding steroid dienone is 3. The minimum atomic E-state index is 0.549. The van der Waals surface area contributed by atoms with E-state index < -0.39 is 0 Å². The van der Waals surface area contributed by atoms with Crippen LogP contribution in [0.3, 0.4) is 0 Å². The number of imidazole rings is 1. The SMILES string of the molecule is C=C/C=C(\c1nc(-c2n[nH]c3ccc(-c4cncc(NC(=C)C5CCCC5)c4)cc23)[nH]c1C)N1CCN(C)CC1.CC. The van der Waals surface area contributed by atoms with Crippen LogP contribution in [-0.2, 0) is 0 Å². The maximum atomic E-state index is 5.06. The van der Waals surface area contributed by atoms with E-state index in [1.165, 1.54) is 25.7 Å². The number of H-pyrrole nitrogens is 2. The van der Waals surface area contributed by atoms with Crippen molar-refractivity contribution in [2.45, 2.75) is 46.5 Å². The van der Waals surface area contributed by atoms with E-state index in [0.29, 0.717) is 5.92 Å². The number of fused-ring (bicyclic) bond motifs is 1. The lowest BCUT2D eigenvalue weighted by molar-refractivity contribution is 0.207. The standard InChI is InChI=1S/C32H38N8.C2H6/c1-5-8-29(40-15-13-39(4)14-16-40)30-22(3)35-32(36-30)31-27-18-24(11-12-28(27)37-38-31)25-17-26(20-33-19-25)34-21(2)23-9-6-7-10-23;1-2/h5,8,11-12,17-20,23,34H,1-2,6-7,9-10,13-16H2,3-4H3,(H,35,36)(H,37,38);1-2H3/b29-8+;. The fourth-order valence-electron chi connectivity index (χ4n) is 5.92. The number of anilines is 1. The highest BCUT2D eigenvalue weighted by molar-refractivity contribution is 5.94. The van der Waals surface area contributed by atoms with Gasteiger partial charge in [0.15, 0.2) is 5.82 Å². The first-order valence-corrected chi connectivity index (χ1v) is 15.2. The number of nitrogens with zero attached hydrogens (tertiary/aromatic N) is 5. The molecule has 42 heavy (non-hydrogen) atoms. The smallest absolute Gasteiger partial charge is 0.159 e. The fraction of sp³-hybridized carbons (Fsp3) is 0.382. The minimum Gasteiger partial charge on any atom is -0.367 e. The van der Waals surface area contributed by atoms with Gasteiger partial charge in [-0.3, -0.25) is 10.1 Å². The molecule has 0 bridgehead atoms. The average Bonchev–Trinajstić information content (AvgIpc) is 3.78. The molecular weight excluding hydrogens is 520 g/mol. The summed E-state index contributed by atoms with van der Waals surface area (Å²) in [5.41, 5.74) is 9.00. The molecule has 1 aromatic carbocycles. The van der Waals surface area contributed by atoms with Crippen molar-refractivity contribution in [2.75, 3.05) is 38.5 Å². The monoisotopic (exact) mass is 564 g/mol. The molecule has 220 valence electrons. The van der Waals surface area contributed by atoms with Crippen LogP contribution in [-0.4, -0.2) is 68.2 Å². The zero-order valence-corrected chi connectivity index (χ0v) is 25.5. The number of aromatic amines is 2. The van der Waals surface area contributed by atoms with E-state index >= 15 is 0 Å². The van der Waals surface area contributed by atoms with Crippen LogP contribution in [0.15, 0.2) is 67.7 Å². The molecule has 1 aliphatic heterocycles. The van der Waals surface area contributed by atoms with E-state index in [1.54, 1.807) is 0 Å². The second kappa shape index (κ2) is 13.2. The van der Waals surface area contributed by atoms with Gasteiger partial charge in [0.25, 0.3) is 0 Å². The van der Waals surface area contributed by atoms with Crippen molar-refractivity contribution >= 4 is 22.3 Å². The molecule has 1 saturated carbocycles. The van der Waals surface area contributed by atoms with E-state index in [2.05, 4.69) is 92.8 Å². The quantitative estimate of drug-likeness (QED) is 0.196. The lowest BCUT2D eigenvalue weighted by Crippen LogP contribution is -2.43. The number of piperazine rings is 1. The van der Waals surface area contributed by atoms with Crippen LogP contribution in [0.2, 0.25) is 0 Å². The summed E-state index contributed by atoms with van der Waals surface area (Å²) in [6.07, 6.45) is 12.7. The van der Waals surface area contributed by atoms with Crippen molar-refractivity contribution in [1.29, 1.82) is 0 Å². The fourth-order valence-corrected chi connectivity index (χ4v) is 5.92. The number of aryl methyl sites for hydroxylation is 1. The average molecular weight is 565 g/mol. The lowest BCUT2D eigenvalue weighted by Gasteiger charge is -2.35. The van der Waals surface area contributed by atoms with Crippen LogP contribution < -0.4 is 5.32 Å². The lowest BCUT2D eigenvalue weighted by atomic mass is 10.0. The molecule has 0 unspecified atom stereocenters. The Bertz CT molecular complexity index is 1560. The van der Waals surface area contributed by atoms with Crippen LogP contribution in [0.25, 0.3) is 39.2 Å². The number of likely N-dealkylation sites (N-methyl/N-ethyl adjacent to an activating group) is 1. The summed E-state index contributed by atoms with van der Waals surface area (Å²) in [6, 6.07) is 8.49. The molecular formula is C34H44N8. The van der Waals surface area contributed by atoms with Crippen LogP contribution in [0, 0.1) is 12.8 Å². The molecule has 1 aliphatic carbocycles. The van der Waals surface area contributed by atoms with Gasteiger partial charge in [-0.05, 0) is 62.6 Å². The highest BCUT2D eigenvalue weighted by Gasteiger charge is 2.23. The molecule has 2 fully saturated rings. The van der Waals surface area contributed by atoms with E-state index in [4.69, 9.17) is 4.98 Å². The molecule has 3 N–H and O–H groups in total. The number of hydrogen-bond acceptors (Lipinski definition) is 6. The van der Waals surface area contributed by atoms with Gasteiger partial charge in [0.2, 0.25) is 0 Å². The first kappa shape index (κ1) is 29.3. The maximum absolute atomic E-state index is 5.06. The molecule has 4 heterocycles. The van der Waals surface area contributed by atoms with Gasteiger partial charge in [-0.25, -0.2) is 4.98 Å². The Balaban J connectivity index is 0.00000173. The molecule has 1 saturated heterocycles. The van der Waals surface area contributed by atoms with Crippen LogP contribution in [0.1, 0.15) is 50.9 Å². The van der Waals surface area contributed by atoms with Crippen LogP contribution >= 0.6 is 0 Å². The number of pyridine rings is 1. The topological polar surface area (TPSA) is 88.8 Å². The van der Waals surface area contributed by atoms with Crippen molar-refractivity contribution in [1.82, 2.24) is 34.9 Å². The Morgan fingerprint density at radius 3 is 2.55 bits per heavy atom. The van der Waals surface area contributed by atoms with E-state index in [1.807, 2.05) is 32.3 Å². The minimum absolute atomic E-state index is 0.549. The highest BCUT2D eigenvalue weighted by Crippen LogP contribution is 2.34. The van der Waals surface area contributed by atoms with Crippen molar-refractivity contribution in [3.05, 3.63) is 79.1 Å². The Labute approximate surface area is 249 Å². The van der Waals surface area contributed by atoms with Crippen molar-refractivity contribution < 1.29 is 0 Å². The molecule has 4 aromatic rings. The number of rotatable bonds is 8. The normalized spacial score (nSPS) is 16.4. The van der Waals surface area contributed by atoms with E-state index in [-0.39, 0.29) is 0 Å². The van der Waals surface area contributed by atoms with Gasteiger partial charge >= 0.3 is 0 Å². The molecule has 6 rings (SSSR count). The largest absolute Gasteiger partial charge is 0.367 e. The Hall–Kier alpha value is -4.17. The number of benzene rings is 1. The second-order valence-electron chi connectivity index (χ2n) is 11.1. The number of hydrogen-bond donors (Lipinski definition) is 3. The third-order valence-electron chi connectivity index (χ3n) is 8.26. The third-order valence-corrected chi connectivity index (χ3v) is 8.26. The summed E-state index contributed by atoms with van der Waals surface area (Å²) in [5.74, 6) is 1.30. The Kier molecular flexibility index (Phi) is 9.22. The molecule has 0 amide bonds. The number of nitrogens with one attached hydrogen (secondary N) is 3. The predicted octanol–water partition coefficient (Wildman–Crippen LogP) is 7.24. The molecule has 8 heteroatoms. The summed E-state index contributed by atoms with van der Waals surface area (Å²) < 4.78 is 0. The molecule has 8 nitrogen and oxygen atoms in total. The molecule has 0 spiro atoms. The van der Waals surface area contributed by atoms with E-state index in [0.717, 1.165) is 88.2 Å².